The van der Waals surface area contributed by atoms with Crippen LogP contribution >= 0.6 is 0 Å². The Labute approximate surface area is 117 Å². The molecule has 20 heavy (non-hydrogen) atoms. The normalized spacial score (nSPS) is 14.4. The van der Waals surface area contributed by atoms with E-state index in [0.29, 0.717) is 18.4 Å². The van der Waals surface area contributed by atoms with Crippen molar-refractivity contribution in [3.05, 3.63) is 35.0 Å². The van der Waals surface area contributed by atoms with Crippen LogP contribution in [0, 0.1) is 0 Å². The fourth-order valence-electron chi connectivity index (χ4n) is 3.11. The Kier molecular flexibility index (Phi) is 3.08. The standard InChI is InChI=1S/C16H17NO3/c1-3-17-14-6-4-10(16(19)20-2)8-12(14)13-9-11(18)5-7-15(13)17/h4,6,8H,3,5,7,9H2,1-2H3. The van der Waals surface area contributed by atoms with Crippen molar-refractivity contribution in [1.82, 2.24) is 4.57 Å². The second-order valence-electron chi connectivity index (χ2n) is 5.11. The number of aromatic nitrogens is 1. The lowest BCUT2D eigenvalue weighted by Crippen LogP contribution is -2.15. The van der Waals surface area contributed by atoms with Gasteiger partial charge in [0.1, 0.15) is 5.78 Å². The Bertz CT molecular complexity index is 712. The van der Waals surface area contributed by atoms with Gasteiger partial charge in [0, 0.05) is 36.0 Å². The second-order valence-corrected chi connectivity index (χ2v) is 5.11. The number of benzene rings is 1. The molecule has 0 N–H and O–H groups in total. The van der Waals surface area contributed by atoms with E-state index < -0.39 is 0 Å². The molecule has 0 saturated heterocycles. The molecule has 104 valence electrons. The molecule has 1 heterocycles. The molecule has 0 amide bonds. The molecular formula is C16H17NO3. The van der Waals surface area contributed by atoms with E-state index in [9.17, 15) is 9.59 Å². The molecule has 4 nitrogen and oxygen atoms in total. The van der Waals surface area contributed by atoms with Crippen molar-refractivity contribution in [2.24, 2.45) is 0 Å². The number of esters is 1. The average molecular weight is 271 g/mol. The minimum absolute atomic E-state index is 0.274. The fraction of sp³-hybridized carbons (Fsp3) is 0.375. The van der Waals surface area contributed by atoms with Gasteiger partial charge in [0.25, 0.3) is 0 Å². The highest BCUT2D eigenvalue weighted by Gasteiger charge is 2.24. The van der Waals surface area contributed by atoms with Crippen LogP contribution < -0.4 is 0 Å². The van der Waals surface area contributed by atoms with Crippen molar-refractivity contribution in [1.29, 1.82) is 0 Å². The first kappa shape index (κ1) is 12.9. The van der Waals surface area contributed by atoms with Crippen LogP contribution in [0.3, 0.4) is 0 Å². The highest BCUT2D eigenvalue weighted by molar-refractivity contribution is 5.98. The maximum absolute atomic E-state index is 11.7. The van der Waals surface area contributed by atoms with Crippen molar-refractivity contribution in [3.63, 3.8) is 0 Å². The molecule has 3 rings (SSSR count). The number of carbonyl (C=O) groups is 2. The number of Topliss-reactive ketones (excluding diaryl/α,β-unsaturated/α-hetero) is 1. The van der Waals surface area contributed by atoms with Crippen LogP contribution in [0.4, 0.5) is 0 Å². The minimum Gasteiger partial charge on any atom is -0.465 e. The van der Waals surface area contributed by atoms with E-state index in [1.165, 1.54) is 12.8 Å². The maximum atomic E-state index is 11.7. The minimum atomic E-state index is -0.341. The van der Waals surface area contributed by atoms with E-state index in [1.807, 2.05) is 12.1 Å². The molecule has 2 aromatic rings. The number of fused-ring (bicyclic) bond motifs is 3. The van der Waals surface area contributed by atoms with Gasteiger partial charge in [-0.1, -0.05) is 0 Å². The molecule has 0 radical (unpaired) electrons. The van der Waals surface area contributed by atoms with E-state index in [-0.39, 0.29) is 11.8 Å². The predicted molar refractivity (Wildman–Crippen MR) is 76.0 cm³/mol. The molecule has 1 aliphatic carbocycles. The van der Waals surface area contributed by atoms with Gasteiger partial charge in [-0.05, 0) is 37.1 Å². The summed E-state index contributed by atoms with van der Waals surface area (Å²) in [6, 6.07) is 5.59. The number of rotatable bonds is 2. The summed E-state index contributed by atoms with van der Waals surface area (Å²) in [6.07, 6.45) is 1.89. The summed E-state index contributed by atoms with van der Waals surface area (Å²) >= 11 is 0. The number of ether oxygens (including phenoxy) is 1. The van der Waals surface area contributed by atoms with Crippen LogP contribution in [-0.2, 0) is 28.9 Å². The zero-order valence-electron chi connectivity index (χ0n) is 11.7. The van der Waals surface area contributed by atoms with E-state index in [0.717, 1.165) is 29.4 Å². The molecular weight excluding hydrogens is 254 g/mol. The molecule has 1 aromatic heterocycles. The van der Waals surface area contributed by atoms with Gasteiger partial charge in [-0.2, -0.15) is 0 Å². The number of methoxy groups -OCH3 is 1. The molecule has 0 unspecified atom stereocenters. The SMILES string of the molecule is CCn1c2c(c3cc(C(=O)OC)ccc31)CC(=O)CC2. The van der Waals surface area contributed by atoms with Crippen LogP contribution in [0.1, 0.15) is 35.0 Å². The lowest BCUT2D eigenvalue weighted by molar-refractivity contribution is -0.118. The molecule has 0 saturated carbocycles. The largest absolute Gasteiger partial charge is 0.465 e. The van der Waals surface area contributed by atoms with Gasteiger partial charge < -0.3 is 9.30 Å². The molecule has 1 aliphatic rings. The highest BCUT2D eigenvalue weighted by atomic mass is 16.5. The molecule has 1 aromatic carbocycles. The predicted octanol–water partition coefficient (Wildman–Crippen LogP) is 2.51. The first-order chi connectivity index (χ1) is 9.65. The topological polar surface area (TPSA) is 48.3 Å². The summed E-state index contributed by atoms with van der Waals surface area (Å²) in [6.45, 7) is 2.97. The van der Waals surface area contributed by atoms with E-state index in [4.69, 9.17) is 4.74 Å². The second kappa shape index (κ2) is 4.78. The van der Waals surface area contributed by atoms with Gasteiger partial charge in [0.05, 0.1) is 12.7 Å². The summed E-state index contributed by atoms with van der Waals surface area (Å²) in [7, 11) is 1.38. The van der Waals surface area contributed by atoms with Gasteiger partial charge >= 0.3 is 5.97 Å². The fourth-order valence-corrected chi connectivity index (χ4v) is 3.11. The van der Waals surface area contributed by atoms with Crippen LogP contribution in [0.15, 0.2) is 18.2 Å². The average Bonchev–Trinajstić information content (AvgIpc) is 2.78. The van der Waals surface area contributed by atoms with Crippen molar-refractivity contribution in [3.8, 4) is 0 Å². The summed E-state index contributed by atoms with van der Waals surface area (Å²) < 4.78 is 7.02. The highest BCUT2D eigenvalue weighted by Crippen LogP contribution is 2.32. The maximum Gasteiger partial charge on any atom is 0.337 e. The van der Waals surface area contributed by atoms with Gasteiger partial charge in [-0.3, -0.25) is 4.79 Å². The molecule has 4 heteroatoms. The summed E-state index contributed by atoms with van der Waals surface area (Å²) in [5.41, 5.74) is 3.96. The van der Waals surface area contributed by atoms with Crippen molar-refractivity contribution in [2.75, 3.05) is 7.11 Å². The van der Waals surface area contributed by atoms with Crippen LogP contribution in [0.25, 0.3) is 10.9 Å². The third kappa shape index (κ3) is 1.83. The molecule has 0 spiro atoms. The Morgan fingerprint density at radius 3 is 2.85 bits per heavy atom. The third-order valence-corrected chi connectivity index (χ3v) is 4.04. The van der Waals surface area contributed by atoms with Gasteiger partial charge in [0.15, 0.2) is 0 Å². The quantitative estimate of drug-likeness (QED) is 0.788. The molecule has 0 fully saturated rings. The zero-order chi connectivity index (χ0) is 14.3. The lowest BCUT2D eigenvalue weighted by Gasteiger charge is -2.13. The Morgan fingerprint density at radius 1 is 1.35 bits per heavy atom. The Balaban J connectivity index is 2.26. The summed E-state index contributed by atoms with van der Waals surface area (Å²) in [5, 5.41) is 1.01. The smallest absolute Gasteiger partial charge is 0.337 e. The number of hydrogen-bond donors (Lipinski definition) is 0. The summed E-state index contributed by atoms with van der Waals surface area (Å²) in [5.74, 6) is -0.0665. The van der Waals surface area contributed by atoms with Crippen LogP contribution in [0.2, 0.25) is 0 Å². The number of ketones is 1. The van der Waals surface area contributed by atoms with Gasteiger partial charge in [-0.25, -0.2) is 4.79 Å². The number of nitrogens with zero attached hydrogens (tertiary/aromatic N) is 1. The number of hydrogen-bond acceptors (Lipinski definition) is 3. The lowest BCUT2D eigenvalue weighted by atomic mass is 9.94. The Hall–Kier alpha value is -2.10. The van der Waals surface area contributed by atoms with Crippen molar-refractivity contribution >= 4 is 22.7 Å². The van der Waals surface area contributed by atoms with Crippen LogP contribution in [0.5, 0.6) is 0 Å². The van der Waals surface area contributed by atoms with E-state index >= 15 is 0 Å². The monoisotopic (exact) mass is 271 g/mol. The van der Waals surface area contributed by atoms with Crippen molar-refractivity contribution in [2.45, 2.75) is 32.7 Å². The van der Waals surface area contributed by atoms with Gasteiger partial charge in [-0.15, -0.1) is 0 Å². The summed E-state index contributed by atoms with van der Waals surface area (Å²) in [4.78, 5) is 23.4. The first-order valence-electron chi connectivity index (χ1n) is 6.89. The number of carbonyl (C=O) groups excluding carboxylic acids is 2. The van der Waals surface area contributed by atoms with Gasteiger partial charge in [0.2, 0.25) is 0 Å². The molecule has 0 atom stereocenters. The first-order valence-corrected chi connectivity index (χ1v) is 6.89. The molecule has 0 bridgehead atoms. The molecule has 0 aliphatic heterocycles. The van der Waals surface area contributed by atoms with Crippen LogP contribution in [-0.4, -0.2) is 23.4 Å². The zero-order valence-corrected chi connectivity index (χ0v) is 11.7. The van der Waals surface area contributed by atoms with Crippen molar-refractivity contribution < 1.29 is 14.3 Å². The Morgan fingerprint density at radius 2 is 2.15 bits per heavy atom. The number of aryl methyl sites for hydroxylation is 1. The van der Waals surface area contributed by atoms with E-state index in [2.05, 4.69) is 11.5 Å². The third-order valence-electron chi connectivity index (χ3n) is 4.04. The van der Waals surface area contributed by atoms with E-state index in [1.54, 1.807) is 6.07 Å².